The summed E-state index contributed by atoms with van der Waals surface area (Å²) in [7, 11) is 0. The Hall–Kier alpha value is -4.81. The van der Waals surface area contributed by atoms with Crippen LogP contribution in [0.3, 0.4) is 0 Å². The fraction of sp³-hybridized carbons (Fsp3) is 0.568. The minimum Gasteiger partial charge on any atom is -0.379 e. The first kappa shape index (κ1) is 44.3. The summed E-state index contributed by atoms with van der Waals surface area (Å²) in [6.45, 7) is 3.48. The number of ether oxygens (including phenoxy) is 3. The lowest BCUT2D eigenvalue weighted by molar-refractivity contribution is -0.137. The Balaban J connectivity index is 0.696. The van der Waals surface area contributed by atoms with Crippen molar-refractivity contribution in [3.05, 3.63) is 64.8 Å². The number of carbonyl (C=O) groups is 5. The summed E-state index contributed by atoms with van der Waals surface area (Å²) in [4.78, 5) is 73.8. The third-order valence-electron chi connectivity index (χ3n) is 12.1. The maximum Gasteiger partial charge on any atom is 0.255 e. The first-order valence-corrected chi connectivity index (χ1v) is 22.6. The van der Waals surface area contributed by atoms with Gasteiger partial charge in [0.2, 0.25) is 23.6 Å². The molecule has 2 saturated carbocycles. The van der Waals surface area contributed by atoms with Crippen molar-refractivity contribution in [2.45, 2.75) is 108 Å². The SMILES string of the molecule is O=C1CCC(N2Cc3cc(NC(=O)CCOCCOCCOCCNC4CCC(NC(=O)C5(Cc6cccc(Nc7nccs7)n6)CCCCC5)CC4)ccc3C2=O)C(=O)N1. The zero-order valence-electron chi connectivity index (χ0n) is 34.7. The number of piperidine rings is 1. The third-order valence-corrected chi connectivity index (χ3v) is 12.7. The molecule has 2 aliphatic heterocycles. The van der Waals surface area contributed by atoms with Crippen LogP contribution in [0.25, 0.3) is 0 Å². The van der Waals surface area contributed by atoms with Gasteiger partial charge in [0, 0.05) is 66.5 Å². The summed E-state index contributed by atoms with van der Waals surface area (Å²) in [5, 5.41) is 18.2. The van der Waals surface area contributed by atoms with Gasteiger partial charge >= 0.3 is 0 Å². The van der Waals surface area contributed by atoms with Crippen molar-refractivity contribution in [1.29, 1.82) is 0 Å². The molecule has 1 unspecified atom stereocenters. The molecule has 1 saturated heterocycles. The van der Waals surface area contributed by atoms with Crippen LogP contribution in [-0.4, -0.2) is 109 Å². The number of benzene rings is 1. The predicted octanol–water partition coefficient (Wildman–Crippen LogP) is 4.63. The molecule has 4 aliphatic rings. The Morgan fingerprint density at radius 2 is 1.64 bits per heavy atom. The van der Waals surface area contributed by atoms with Crippen molar-refractivity contribution in [3.8, 4) is 0 Å². The highest BCUT2D eigenvalue weighted by molar-refractivity contribution is 7.13. The van der Waals surface area contributed by atoms with E-state index in [0.29, 0.717) is 63.2 Å². The zero-order chi connectivity index (χ0) is 42.4. The molecule has 328 valence electrons. The molecule has 5 amide bonds. The van der Waals surface area contributed by atoms with Gasteiger partial charge in [0.15, 0.2) is 5.13 Å². The number of hydrogen-bond donors (Lipinski definition) is 5. The van der Waals surface area contributed by atoms with Gasteiger partial charge in [-0.3, -0.25) is 29.3 Å². The number of thiazole rings is 1. The van der Waals surface area contributed by atoms with Crippen LogP contribution in [0.1, 0.15) is 98.7 Å². The number of nitrogens with zero attached hydrogens (tertiary/aromatic N) is 3. The molecule has 3 fully saturated rings. The number of imide groups is 1. The van der Waals surface area contributed by atoms with E-state index < -0.39 is 17.4 Å². The Morgan fingerprint density at radius 3 is 2.39 bits per heavy atom. The van der Waals surface area contributed by atoms with Crippen LogP contribution < -0.4 is 26.6 Å². The fourth-order valence-electron chi connectivity index (χ4n) is 8.80. The van der Waals surface area contributed by atoms with Gasteiger partial charge in [0.25, 0.3) is 5.91 Å². The van der Waals surface area contributed by atoms with E-state index in [1.165, 1.54) is 22.7 Å². The van der Waals surface area contributed by atoms with Crippen LogP contribution in [0.5, 0.6) is 0 Å². The van der Waals surface area contributed by atoms with Gasteiger partial charge in [-0.15, -0.1) is 11.3 Å². The average molecular weight is 859 g/mol. The molecule has 61 heavy (non-hydrogen) atoms. The standard InChI is InChI=1S/C44H58N8O8S/c53-38-14-13-36(40(55)51-38)52-29-30-27-33(11-12-35(30)41(52)56)48-39(54)15-20-58-22-24-60-25-23-59-21-18-45-31-7-9-32(10-8-31)49-42(57)44(16-2-1-3-17-44)28-34-5-4-6-37(47-34)50-43-46-19-26-61-43/h4-6,11-12,19,26-27,31-32,36,45H,1-3,7-10,13-18,20-25,28-29H2,(H,48,54)(H,49,57)(H,46,47,50)(H,51,53,55). The number of aromatic nitrogens is 2. The summed E-state index contributed by atoms with van der Waals surface area (Å²) in [5.74, 6) is -0.322. The van der Waals surface area contributed by atoms with E-state index in [4.69, 9.17) is 19.2 Å². The predicted molar refractivity (Wildman–Crippen MR) is 229 cm³/mol. The van der Waals surface area contributed by atoms with Crippen LogP contribution in [0, 0.1) is 5.41 Å². The largest absolute Gasteiger partial charge is 0.379 e. The molecule has 2 aromatic heterocycles. The summed E-state index contributed by atoms with van der Waals surface area (Å²) in [5.41, 5.74) is 2.29. The first-order valence-electron chi connectivity index (χ1n) is 21.7. The molecule has 17 heteroatoms. The Bertz CT molecular complexity index is 1970. The first-order chi connectivity index (χ1) is 29.7. The number of rotatable bonds is 21. The van der Waals surface area contributed by atoms with Gasteiger partial charge in [0.05, 0.1) is 51.5 Å². The van der Waals surface area contributed by atoms with E-state index in [2.05, 4.69) is 31.6 Å². The van der Waals surface area contributed by atoms with Gasteiger partial charge in [-0.2, -0.15) is 0 Å². The second kappa shape index (κ2) is 21.8. The molecule has 1 atom stereocenters. The van der Waals surface area contributed by atoms with Gasteiger partial charge < -0.3 is 40.4 Å². The number of nitrogens with one attached hydrogen (secondary N) is 5. The van der Waals surface area contributed by atoms with Gasteiger partial charge in [-0.25, -0.2) is 9.97 Å². The van der Waals surface area contributed by atoms with Crippen molar-refractivity contribution >= 4 is 57.5 Å². The van der Waals surface area contributed by atoms with Crippen molar-refractivity contribution < 1.29 is 38.2 Å². The second-order valence-corrected chi connectivity index (χ2v) is 17.3. The highest BCUT2D eigenvalue weighted by atomic mass is 32.1. The fourth-order valence-corrected chi connectivity index (χ4v) is 9.34. The number of carbonyl (C=O) groups excluding carboxylic acids is 5. The number of pyridine rings is 1. The molecule has 16 nitrogen and oxygen atoms in total. The Labute approximate surface area is 360 Å². The van der Waals surface area contributed by atoms with E-state index in [0.717, 1.165) is 80.1 Å². The smallest absolute Gasteiger partial charge is 0.255 e. The summed E-state index contributed by atoms with van der Waals surface area (Å²) in [6.07, 6.45) is 12.1. The molecule has 7 rings (SSSR count). The van der Waals surface area contributed by atoms with Gasteiger partial charge in [-0.1, -0.05) is 25.3 Å². The summed E-state index contributed by atoms with van der Waals surface area (Å²) < 4.78 is 16.9. The molecule has 2 aliphatic carbocycles. The maximum absolute atomic E-state index is 13.9. The lowest BCUT2D eigenvalue weighted by Crippen LogP contribution is -2.52. The second-order valence-electron chi connectivity index (χ2n) is 16.4. The van der Waals surface area contributed by atoms with Crippen molar-refractivity contribution in [1.82, 2.24) is 30.8 Å². The minimum absolute atomic E-state index is 0.159. The van der Waals surface area contributed by atoms with E-state index in [9.17, 15) is 24.0 Å². The lowest BCUT2D eigenvalue weighted by Gasteiger charge is -2.38. The maximum atomic E-state index is 13.9. The lowest BCUT2D eigenvalue weighted by atomic mass is 9.70. The molecular formula is C44H58N8O8S. The normalized spacial score (nSPS) is 21.1. The van der Waals surface area contributed by atoms with Gasteiger partial charge in [0.1, 0.15) is 11.9 Å². The van der Waals surface area contributed by atoms with E-state index in [1.54, 1.807) is 24.4 Å². The van der Waals surface area contributed by atoms with E-state index in [-0.39, 0.29) is 55.7 Å². The number of amides is 5. The van der Waals surface area contributed by atoms with Crippen LogP contribution in [0.2, 0.25) is 0 Å². The number of anilines is 3. The number of hydrogen-bond acceptors (Lipinski definition) is 13. The van der Waals surface area contributed by atoms with E-state index >= 15 is 0 Å². The highest BCUT2D eigenvalue weighted by Gasteiger charge is 2.42. The molecule has 0 radical (unpaired) electrons. The zero-order valence-corrected chi connectivity index (χ0v) is 35.5. The van der Waals surface area contributed by atoms with Crippen molar-refractivity contribution in [2.24, 2.45) is 5.41 Å². The van der Waals surface area contributed by atoms with Crippen molar-refractivity contribution in [3.63, 3.8) is 0 Å². The van der Waals surface area contributed by atoms with Crippen LogP contribution >= 0.6 is 11.3 Å². The quantitative estimate of drug-likeness (QED) is 0.0736. The van der Waals surface area contributed by atoms with Crippen LogP contribution in [0.4, 0.5) is 16.6 Å². The average Bonchev–Trinajstić information content (AvgIpc) is 3.89. The van der Waals surface area contributed by atoms with Crippen molar-refractivity contribution in [2.75, 3.05) is 56.8 Å². The molecule has 0 spiro atoms. The Kier molecular flexibility index (Phi) is 15.8. The summed E-state index contributed by atoms with van der Waals surface area (Å²) in [6, 6.07) is 10.9. The highest BCUT2D eigenvalue weighted by Crippen LogP contribution is 2.40. The van der Waals surface area contributed by atoms with Gasteiger partial charge in [-0.05, 0) is 80.8 Å². The third kappa shape index (κ3) is 12.4. The number of fused-ring (bicyclic) bond motifs is 1. The van der Waals surface area contributed by atoms with E-state index in [1.807, 2.05) is 23.6 Å². The molecule has 3 aromatic rings. The van der Waals surface area contributed by atoms with Crippen LogP contribution in [-0.2, 0) is 46.4 Å². The molecule has 1 aromatic carbocycles. The molecule has 5 N–H and O–H groups in total. The molecular weight excluding hydrogens is 801 g/mol. The monoisotopic (exact) mass is 858 g/mol. The summed E-state index contributed by atoms with van der Waals surface area (Å²) >= 11 is 1.53. The minimum atomic E-state index is -0.684. The Morgan fingerprint density at radius 1 is 0.885 bits per heavy atom. The van der Waals surface area contributed by atoms with Crippen LogP contribution in [0.15, 0.2) is 48.0 Å². The molecule has 4 heterocycles. The topological polar surface area (TPSA) is 202 Å². The molecule has 0 bridgehead atoms.